The molecule has 1 aromatic carbocycles. The molecule has 2 aromatic heterocycles. The minimum Gasteiger partial charge on any atom is -0.462 e. The van der Waals surface area contributed by atoms with Crippen LogP contribution in [-0.4, -0.2) is 37.2 Å². The second kappa shape index (κ2) is 14.9. The number of ether oxygens (including phenoxy) is 2. The molecule has 0 atom stereocenters. The Balaban J connectivity index is 1.29. The van der Waals surface area contributed by atoms with Crippen molar-refractivity contribution < 1.29 is 28.7 Å². The summed E-state index contributed by atoms with van der Waals surface area (Å²) in [6.07, 6.45) is 9.62. The second-order valence-electron chi connectivity index (χ2n) is 11.2. The van der Waals surface area contributed by atoms with Gasteiger partial charge in [0.1, 0.15) is 10.0 Å². The van der Waals surface area contributed by atoms with Crippen molar-refractivity contribution in [3.63, 3.8) is 0 Å². The van der Waals surface area contributed by atoms with Crippen LogP contribution in [0.5, 0.6) is 0 Å². The van der Waals surface area contributed by atoms with Gasteiger partial charge in [-0.2, -0.15) is 0 Å². The molecule has 4 N–H and O–H groups in total. The summed E-state index contributed by atoms with van der Waals surface area (Å²) in [7, 11) is 0. The van der Waals surface area contributed by atoms with E-state index in [-0.39, 0.29) is 13.2 Å². The molecule has 0 radical (unpaired) electrons. The summed E-state index contributed by atoms with van der Waals surface area (Å²) in [5, 5.41) is 12.4. The molecule has 0 saturated heterocycles. The van der Waals surface area contributed by atoms with Crippen molar-refractivity contribution in [3.05, 3.63) is 55.8 Å². The van der Waals surface area contributed by atoms with Gasteiger partial charge in [-0.25, -0.2) is 19.2 Å². The van der Waals surface area contributed by atoms with Crippen molar-refractivity contribution in [2.45, 2.75) is 85.0 Å². The van der Waals surface area contributed by atoms with Gasteiger partial charge in [-0.05, 0) is 101 Å². The summed E-state index contributed by atoms with van der Waals surface area (Å²) < 4.78 is 10.7. The highest BCUT2D eigenvalue weighted by molar-refractivity contribution is 7.17. The minimum atomic E-state index is -0.504. The van der Waals surface area contributed by atoms with Crippen molar-refractivity contribution in [2.75, 3.05) is 34.5 Å². The normalized spacial score (nSPS) is 14.2. The van der Waals surface area contributed by atoms with E-state index in [2.05, 4.69) is 21.3 Å². The van der Waals surface area contributed by atoms with Crippen molar-refractivity contribution in [2.24, 2.45) is 0 Å². The van der Waals surface area contributed by atoms with E-state index in [1.807, 2.05) is 6.92 Å². The number of urea groups is 2. The van der Waals surface area contributed by atoms with Crippen LogP contribution in [0.15, 0.2) is 18.2 Å². The van der Waals surface area contributed by atoms with Crippen LogP contribution in [0.1, 0.15) is 99.5 Å². The first kappa shape index (κ1) is 32.5. The van der Waals surface area contributed by atoms with Gasteiger partial charge in [0, 0.05) is 21.1 Å². The average molecular weight is 653 g/mol. The molecular formula is C33H40N4O6S2. The predicted octanol–water partition coefficient (Wildman–Crippen LogP) is 8.30. The summed E-state index contributed by atoms with van der Waals surface area (Å²) in [6.45, 7) is 5.88. The lowest BCUT2D eigenvalue weighted by molar-refractivity contribution is 0.0517. The third-order valence-corrected chi connectivity index (χ3v) is 10.4. The van der Waals surface area contributed by atoms with Crippen LogP contribution in [0.2, 0.25) is 0 Å². The van der Waals surface area contributed by atoms with Gasteiger partial charge >= 0.3 is 24.0 Å². The first-order chi connectivity index (χ1) is 21.8. The first-order valence-corrected chi connectivity index (χ1v) is 17.3. The molecule has 0 bridgehead atoms. The molecule has 240 valence electrons. The van der Waals surface area contributed by atoms with Crippen LogP contribution in [0.3, 0.4) is 0 Å². The van der Waals surface area contributed by atoms with Gasteiger partial charge in [-0.1, -0.05) is 18.9 Å². The predicted molar refractivity (Wildman–Crippen MR) is 180 cm³/mol. The third-order valence-electron chi connectivity index (χ3n) is 8.00. The Bertz CT molecular complexity index is 1590. The molecule has 0 saturated carbocycles. The summed E-state index contributed by atoms with van der Waals surface area (Å²) in [5.74, 6) is -0.845. The molecule has 2 aliphatic rings. The SMILES string of the molecule is CCOC(=O)c1c(NC(=O)Nc2ccc(C)c(NC(=O)Nc3sc4c(c3C(=O)OCC)CCCCC4)c2)sc2c1CCCCC2. The summed E-state index contributed by atoms with van der Waals surface area (Å²) in [5.41, 5.74) is 4.60. The highest BCUT2D eigenvalue weighted by Gasteiger charge is 2.28. The molecule has 2 aliphatic carbocycles. The van der Waals surface area contributed by atoms with Crippen molar-refractivity contribution >= 4 is 68.1 Å². The fraction of sp³-hybridized carbons (Fsp3) is 0.455. The zero-order chi connectivity index (χ0) is 31.9. The van der Waals surface area contributed by atoms with Crippen LogP contribution >= 0.6 is 22.7 Å². The molecule has 12 heteroatoms. The van der Waals surface area contributed by atoms with Gasteiger partial charge in [0.05, 0.1) is 24.3 Å². The fourth-order valence-corrected chi connectivity index (χ4v) is 8.40. The largest absolute Gasteiger partial charge is 0.462 e. The molecule has 0 aliphatic heterocycles. The highest BCUT2D eigenvalue weighted by Crippen LogP contribution is 2.39. The molecule has 5 rings (SSSR count). The van der Waals surface area contributed by atoms with Gasteiger partial charge in [0.2, 0.25) is 0 Å². The Labute approximate surface area is 271 Å². The zero-order valence-corrected chi connectivity index (χ0v) is 27.6. The van der Waals surface area contributed by atoms with E-state index in [0.717, 1.165) is 90.7 Å². The quantitative estimate of drug-likeness (QED) is 0.143. The second-order valence-corrected chi connectivity index (χ2v) is 13.4. The average Bonchev–Trinajstić information content (AvgIpc) is 3.27. The number of carbonyl (C=O) groups is 4. The van der Waals surface area contributed by atoms with Crippen LogP contribution in [-0.2, 0) is 35.2 Å². The molecule has 4 amide bonds. The van der Waals surface area contributed by atoms with Gasteiger partial charge in [0.25, 0.3) is 0 Å². The van der Waals surface area contributed by atoms with Crippen molar-refractivity contribution in [3.8, 4) is 0 Å². The Hall–Kier alpha value is -3.90. The number of anilines is 4. The van der Waals surface area contributed by atoms with Crippen molar-refractivity contribution in [1.29, 1.82) is 0 Å². The number of esters is 2. The lowest BCUT2D eigenvalue weighted by atomic mass is 10.1. The Morgan fingerprint density at radius 3 is 1.67 bits per heavy atom. The first-order valence-electron chi connectivity index (χ1n) is 15.7. The number of benzene rings is 1. The zero-order valence-electron chi connectivity index (χ0n) is 26.0. The van der Waals surface area contributed by atoms with Crippen LogP contribution in [0, 0.1) is 6.92 Å². The molecule has 10 nitrogen and oxygen atoms in total. The molecule has 0 unspecified atom stereocenters. The van der Waals surface area contributed by atoms with Crippen LogP contribution < -0.4 is 21.3 Å². The number of rotatable bonds is 8. The smallest absolute Gasteiger partial charge is 0.341 e. The molecule has 0 spiro atoms. The Morgan fingerprint density at radius 1 is 0.667 bits per heavy atom. The standard InChI is InChI=1S/C33H40N4O6S2/c1-4-42-30(38)26-21-12-8-6-10-14-24(21)44-28(26)36-32(40)34-20-17-16-19(3)23(18-20)35-33(41)37-29-27(31(39)43-5-2)22-13-9-7-11-15-25(22)45-29/h16-18H,4-15H2,1-3H3,(H2,34,36,40)(H2,35,37,41). The summed E-state index contributed by atoms with van der Waals surface area (Å²) in [4.78, 5) is 54.3. The van der Waals surface area contributed by atoms with E-state index in [1.54, 1.807) is 32.0 Å². The van der Waals surface area contributed by atoms with E-state index < -0.39 is 24.0 Å². The number of hydrogen-bond donors (Lipinski definition) is 4. The number of thiophene rings is 2. The van der Waals surface area contributed by atoms with Gasteiger partial charge in [-0.3, -0.25) is 10.6 Å². The van der Waals surface area contributed by atoms with Gasteiger partial charge < -0.3 is 20.1 Å². The van der Waals surface area contributed by atoms with E-state index in [1.165, 1.54) is 22.7 Å². The topological polar surface area (TPSA) is 135 Å². The molecule has 3 aromatic rings. The number of fused-ring (bicyclic) bond motifs is 2. The molecule has 2 heterocycles. The summed E-state index contributed by atoms with van der Waals surface area (Å²) >= 11 is 2.86. The number of nitrogens with one attached hydrogen (secondary N) is 4. The van der Waals surface area contributed by atoms with Crippen LogP contribution in [0.4, 0.5) is 31.0 Å². The van der Waals surface area contributed by atoms with Crippen LogP contribution in [0.25, 0.3) is 0 Å². The lowest BCUT2D eigenvalue weighted by Crippen LogP contribution is -2.22. The van der Waals surface area contributed by atoms with Gasteiger partial charge in [-0.15, -0.1) is 22.7 Å². The minimum absolute atomic E-state index is 0.251. The Kier molecular flexibility index (Phi) is 10.8. The lowest BCUT2D eigenvalue weighted by Gasteiger charge is -2.13. The highest BCUT2D eigenvalue weighted by atomic mass is 32.1. The third kappa shape index (κ3) is 7.67. The van der Waals surface area contributed by atoms with Crippen molar-refractivity contribution in [1.82, 2.24) is 0 Å². The number of carbonyl (C=O) groups excluding carboxylic acids is 4. The molecule has 0 fully saturated rings. The molecule has 45 heavy (non-hydrogen) atoms. The number of hydrogen-bond acceptors (Lipinski definition) is 8. The van der Waals surface area contributed by atoms with E-state index in [4.69, 9.17) is 9.47 Å². The Morgan fingerprint density at radius 2 is 1.16 bits per heavy atom. The molecular weight excluding hydrogens is 613 g/mol. The maximum absolute atomic E-state index is 13.2. The van der Waals surface area contributed by atoms with Gasteiger partial charge in [0.15, 0.2) is 0 Å². The monoisotopic (exact) mass is 652 g/mol. The summed E-state index contributed by atoms with van der Waals surface area (Å²) in [6, 6.07) is 4.19. The van der Waals surface area contributed by atoms with E-state index >= 15 is 0 Å². The number of aryl methyl sites for hydroxylation is 3. The van der Waals surface area contributed by atoms with E-state index in [9.17, 15) is 19.2 Å². The van der Waals surface area contributed by atoms with E-state index in [0.29, 0.717) is 32.5 Å². The maximum atomic E-state index is 13.2. The maximum Gasteiger partial charge on any atom is 0.341 e. The fourth-order valence-electron chi connectivity index (χ4n) is 5.86. The number of amides is 4.